The number of nitro groups is 1. The molecule has 0 spiro atoms. The van der Waals surface area contributed by atoms with Gasteiger partial charge in [-0.1, -0.05) is 48.5 Å². The van der Waals surface area contributed by atoms with Crippen molar-refractivity contribution in [2.24, 2.45) is 5.10 Å². The predicted molar refractivity (Wildman–Crippen MR) is 134 cm³/mol. The van der Waals surface area contributed by atoms with E-state index in [4.69, 9.17) is 4.74 Å². The Hall–Kier alpha value is -4.17. The van der Waals surface area contributed by atoms with E-state index in [0.717, 1.165) is 21.2 Å². The molecule has 0 aliphatic rings. The minimum absolute atomic E-state index is 0.0330. The summed E-state index contributed by atoms with van der Waals surface area (Å²) in [6.07, 6.45) is 1.53. The molecule has 4 aromatic carbocycles. The maximum Gasteiger partial charge on any atom is 0.269 e. The molecule has 0 radical (unpaired) electrons. The van der Waals surface area contributed by atoms with Crippen molar-refractivity contribution in [3.8, 4) is 5.75 Å². The number of non-ortho nitro benzene ring substituents is 1. The van der Waals surface area contributed by atoms with Crippen LogP contribution in [-0.2, 0) is 11.4 Å². The Morgan fingerprint density at radius 1 is 0.971 bits per heavy atom. The fourth-order valence-electron chi connectivity index (χ4n) is 3.26. The molecule has 1 amide bonds. The summed E-state index contributed by atoms with van der Waals surface area (Å²) in [5, 5.41) is 17.1. The lowest BCUT2D eigenvalue weighted by molar-refractivity contribution is -0.384. The first-order chi connectivity index (χ1) is 16.6. The van der Waals surface area contributed by atoms with Crippen LogP contribution in [0.25, 0.3) is 10.8 Å². The number of nitrogens with one attached hydrogen (secondary N) is 1. The summed E-state index contributed by atoms with van der Waals surface area (Å²) in [7, 11) is 0. The Kier molecular flexibility index (Phi) is 7.52. The second-order valence-electron chi connectivity index (χ2n) is 7.31. The molecule has 0 aromatic heterocycles. The highest BCUT2D eigenvalue weighted by Gasteiger charge is 2.07. The molecule has 4 rings (SSSR count). The lowest BCUT2D eigenvalue weighted by Gasteiger charge is -2.09. The number of hydrazone groups is 1. The van der Waals surface area contributed by atoms with E-state index < -0.39 is 4.92 Å². The van der Waals surface area contributed by atoms with Crippen molar-refractivity contribution in [3.05, 3.63) is 112 Å². The molecule has 170 valence electrons. The van der Waals surface area contributed by atoms with Crippen molar-refractivity contribution in [1.82, 2.24) is 5.43 Å². The summed E-state index contributed by atoms with van der Waals surface area (Å²) < 4.78 is 5.85. The van der Waals surface area contributed by atoms with Gasteiger partial charge in [0.1, 0.15) is 12.4 Å². The number of para-hydroxylation sites is 1. The number of carbonyl (C=O) groups excluding carboxylic acids is 1. The van der Waals surface area contributed by atoms with E-state index in [1.54, 1.807) is 18.2 Å². The lowest BCUT2D eigenvalue weighted by atomic mass is 10.1. The van der Waals surface area contributed by atoms with Crippen molar-refractivity contribution < 1.29 is 14.5 Å². The van der Waals surface area contributed by atoms with Gasteiger partial charge in [0, 0.05) is 22.6 Å². The van der Waals surface area contributed by atoms with Gasteiger partial charge >= 0.3 is 0 Å². The molecule has 0 heterocycles. The van der Waals surface area contributed by atoms with Gasteiger partial charge in [-0.2, -0.15) is 5.10 Å². The highest BCUT2D eigenvalue weighted by atomic mass is 32.2. The van der Waals surface area contributed by atoms with Crippen molar-refractivity contribution in [3.63, 3.8) is 0 Å². The number of hydrogen-bond acceptors (Lipinski definition) is 6. The molecule has 0 saturated carbocycles. The number of ether oxygens (including phenoxy) is 1. The Morgan fingerprint density at radius 3 is 2.53 bits per heavy atom. The number of benzene rings is 4. The normalized spacial score (nSPS) is 10.9. The van der Waals surface area contributed by atoms with E-state index in [1.165, 1.54) is 30.1 Å². The van der Waals surface area contributed by atoms with Crippen molar-refractivity contribution in [1.29, 1.82) is 0 Å². The monoisotopic (exact) mass is 471 g/mol. The van der Waals surface area contributed by atoms with Crippen LogP contribution in [0.15, 0.2) is 101 Å². The molecular formula is C26H21N3O4S. The van der Waals surface area contributed by atoms with E-state index in [-0.39, 0.29) is 24.0 Å². The first-order valence-electron chi connectivity index (χ1n) is 10.5. The Bertz CT molecular complexity index is 1330. The van der Waals surface area contributed by atoms with Gasteiger partial charge in [0.15, 0.2) is 0 Å². The van der Waals surface area contributed by atoms with E-state index in [0.29, 0.717) is 11.3 Å². The SMILES string of the molecule is O=C(CSc1cccc2ccccc12)N/N=C/c1ccccc1OCc1ccc([N+](=O)[O-])cc1. The van der Waals surface area contributed by atoms with Crippen LogP contribution >= 0.6 is 11.8 Å². The minimum Gasteiger partial charge on any atom is -0.488 e. The van der Waals surface area contributed by atoms with Gasteiger partial charge in [0.25, 0.3) is 5.69 Å². The van der Waals surface area contributed by atoms with Crippen molar-refractivity contribution in [2.75, 3.05) is 5.75 Å². The van der Waals surface area contributed by atoms with Crippen LogP contribution in [0.3, 0.4) is 0 Å². The third-order valence-electron chi connectivity index (χ3n) is 4.96. The molecular weight excluding hydrogens is 450 g/mol. The van der Waals surface area contributed by atoms with Crippen LogP contribution < -0.4 is 10.2 Å². The Labute approximate surface area is 200 Å². The molecule has 0 fully saturated rings. The van der Waals surface area contributed by atoms with Crippen LogP contribution in [0.5, 0.6) is 5.75 Å². The zero-order chi connectivity index (χ0) is 23.8. The molecule has 1 N–H and O–H groups in total. The number of hydrogen-bond donors (Lipinski definition) is 1. The van der Waals surface area contributed by atoms with Crippen LogP contribution in [0.2, 0.25) is 0 Å². The summed E-state index contributed by atoms with van der Waals surface area (Å²) in [5.74, 6) is 0.617. The summed E-state index contributed by atoms with van der Waals surface area (Å²) in [6, 6.07) is 27.6. The van der Waals surface area contributed by atoms with Gasteiger partial charge in [-0.15, -0.1) is 11.8 Å². The molecule has 4 aromatic rings. The fraction of sp³-hybridized carbons (Fsp3) is 0.0769. The average molecular weight is 472 g/mol. The zero-order valence-electron chi connectivity index (χ0n) is 18.1. The molecule has 0 unspecified atom stereocenters. The molecule has 0 atom stereocenters. The van der Waals surface area contributed by atoms with Crippen LogP contribution in [0.4, 0.5) is 5.69 Å². The number of fused-ring (bicyclic) bond motifs is 1. The second kappa shape index (κ2) is 11.1. The van der Waals surface area contributed by atoms with Crippen molar-refractivity contribution >= 4 is 40.3 Å². The molecule has 0 saturated heterocycles. The number of nitro benzene ring substituents is 1. The number of thioether (sulfide) groups is 1. The molecule has 8 heteroatoms. The third-order valence-corrected chi connectivity index (χ3v) is 6.04. The summed E-state index contributed by atoms with van der Waals surface area (Å²) >= 11 is 1.46. The lowest BCUT2D eigenvalue weighted by Crippen LogP contribution is -2.19. The summed E-state index contributed by atoms with van der Waals surface area (Å²) in [4.78, 5) is 23.7. The predicted octanol–water partition coefficient (Wildman–Crippen LogP) is 5.57. The number of carbonyl (C=O) groups is 1. The Balaban J connectivity index is 1.32. The van der Waals surface area contributed by atoms with E-state index in [9.17, 15) is 14.9 Å². The van der Waals surface area contributed by atoms with Gasteiger partial charge in [-0.05, 0) is 46.7 Å². The van der Waals surface area contributed by atoms with E-state index in [1.807, 2.05) is 60.7 Å². The van der Waals surface area contributed by atoms with Crippen molar-refractivity contribution in [2.45, 2.75) is 11.5 Å². The largest absolute Gasteiger partial charge is 0.488 e. The van der Waals surface area contributed by atoms with Gasteiger partial charge in [-0.25, -0.2) is 5.43 Å². The van der Waals surface area contributed by atoms with Crippen LogP contribution in [0.1, 0.15) is 11.1 Å². The van der Waals surface area contributed by atoms with Gasteiger partial charge < -0.3 is 4.74 Å². The topological polar surface area (TPSA) is 93.8 Å². The highest BCUT2D eigenvalue weighted by Crippen LogP contribution is 2.27. The van der Waals surface area contributed by atoms with Gasteiger partial charge in [-0.3, -0.25) is 14.9 Å². The standard InChI is InChI=1S/C26H21N3O4S/c30-26(18-34-25-11-5-8-20-6-1-3-9-23(20)25)28-27-16-21-7-2-4-10-24(21)33-17-19-12-14-22(15-13-19)29(31)32/h1-16H,17-18H2,(H,28,30)/b27-16+. The quantitative estimate of drug-likeness (QED) is 0.149. The highest BCUT2D eigenvalue weighted by molar-refractivity contribution is 8.00. The first kappa shape index (κ1) is 23.0. The molecule has 0 bridgehead atoms. The zero-order valence-corrected chi connectivity index (χ0v) is 18.9. The number of rotatable bonds is 9. The molecule has 0 aliphatic heterocycles. The summed E-state index contributed by atoms with van der Waals surface area (Å²) in [5.41, 5.74) is 4.09. The van der Waals surface area contributed by atoms with Crippen LogP contribution in [-0.4, -0.2) is 22.8 Å². The smallest absolute Gasteiger partial charge is 0.269 e. The maximum atomic E-state index is 12.3. The van der Waals surface area contributed by atoms with Crippen LogP contribution in [0, 0.1) is 10.1 Å². The summed E-state index contributed by atoms with van der Waals surface area (Å²) in [6.45, 7) is 0.247. The number of amides is 1. The minimum atomic E-state index is -0.439. The van der Waals surface area contributed by atoms with E-state index in [2.05, 4.69) is 10.5 Å². The first-order valence-corrected chi connectivity index (χ1v) is 11.5. The average Bonchev–Trinajstić information content (AvgIpc) is 2.87. The molecule has 34 heavy (non-hydrogen) atoms. The third kappa shape index (κ3) is 5.99. The fourth-order valence-corrected chi connectivity index (χ4v) is 4.13. The van der Waals surface area contributed by atoms with Gasteiger partial charge in [0.05, 0.1) is 16.9 Å². The van der Waals surface area contributed by atoms with Gasteiger partial charge in [0.2, 0.25) is 5.91 Å². The molecule has 7 nitrogen and oxygen atoms in total. The van der Waals surface area contributed by atoms with E-state index >= 15 is 0 Å². The molecule has 0 aliphatic carbocycles. The number of nitrogens with zero attached hydrogens (tertiary/aromatic N) is 2. The second-order valence-corrected chi connectivity index (χ2v) is 8.33. The maximum absolute atomic E-state index is 12.3. The Morgan fingerprint density at radius 2 is 1.71 bits per heavy atom.